The van der Waals surface area contributed by atoms with E-state index < -0.39 is 5.69 Å². The van der Waals surface area contributed by atoms with E-state index in [9.17, 15) is 9.79 Å². The number of unbranched alkanes of at least 4 members (excludes halogenated alkanes) is 1. The summed E-state index contributed by atoms with van der Waals surface area (Å²) in [5.41, 5.74) is -3.13. The van der Waals surface area contributed by atoms with Crippen LogP contribution in [0.25, 0.3) is 0 Å². The molecule has 0 aliphatic rings. The fourth-order valence-electron chi connectivity index (χ4n) is 2.08. The van der Waals surface area contributed by atoms with Crippen LogP contribution >= 0.6 is 17.1 Å². The molecule has 2 unspecified atom stereocenters. The standard InChI is InChI=1S/C12H27O2PS2/c1-5-7-8-11(6-2)12(9-10(3)4)17-15(13,14)16/h10-12H,5-9H2,1-4H3,(H2,13,14,16). The second-order valence-electron chi connectivity index (χ2n) is 5.07. The zero-order chi connectivity index (χ0) is 13.5. The summed E-state index contributed by atoms with van der Waals surface area (Å²) >= 11 is 6.03. The Hall–Kier alpha value is 0.920. The normalized spacial score (nSPS) is 16.2. The molecule has 17 heavy (non-hydrogen) atoms. The average molecular weight is 298 g/mol. The minimum atomic E-state index is -3.13. The van der Waals surface area contributed by atoms with E-state index >= 15 is 0 Å². The number of hydrogen-bond acceptors (Lipinski definition) is 2. The van der Waals surface area contributed by atoms with Gasteiger partial charge in [-0.25, -0.2) is 0 Å². The van der Waals surface area contributed by atoms with Gasteiger partial charge in [0.25, 0.3) is 0 Å². The smallest absolute Gasteiger partial charge is 0.242 e. The number of rotatable bonds is 9. The van der Waals surface area contributed by atoms with E-state index in [4.69, 9.17) is 11.8 Å². The van der Waals surface area contributed by atoms with E-state index in [-0.39, 0.29) is 0 Å². The van der Waals surface area contributed by atoms with Gasteiger partial charge in [-0.05, 0) is 36.5 Å². The maximum atomic E-state index is 9.52. The third-order valence-corrected chi connectivity index (χ3v) is 6.49. The summed E-state index contributed by atoms with van der Waals surface area (Å²) in [6.45, 7) is 8.74. The first kappa shape index (κ1) is 17.9. The van der Waals surface area contributed by atoms with E-state index in [2.05, 4.69) is 27.7 Å². The largest absolute Gasteiger partial charge is 0.338 e. The van der Waals surface area contributed by atoms with Gasteiger partial charge in [-0.2, -0.15) is 0 Å². The highest BCUT2D eigenvalue weighted by atomic mass is 32.9. The minimum Gasteiger partial charge on any atom is -0.338 e. The summed E-state index contributed by atoms with van der Waals surface area (Å²) < 4.78 is 0. The first-order valence-corrected chi connectivity index (χ1v) is 10.7. The Morgan fingerprint density at radius 2 is 1.82 bits per heavy atom. The van der Waals surface area contributed by atoms with Crippen LogP contribution in [-0.2, 0) is 11.8 Å². The highest BCUT2D eigenvalue weighted by molar-refractivity contribution is 8.67. The molecule has 104 valence electrons. The van der Waals surface area contributed by atoms with E-state index in [0.29, 0.717) is 17.1 Å². The molecule has 2 atom stereocenters. The van der Waals surface area contributed by atoms with Crippen LogP contribution in [0.1, 0.15) is 59.8 Å². The van der Waals surface area contributed by atoms with E-state index in [1.807, 2.05) is 0 Å². The van der Waals surface area contributed by atoms with Crippen LogP contribution in [-0.4, -0.2) is 15.0 Å². The van der Waals surface area contributed by atoms with Gasteiger partial charge < -0.3 is 9.79 Å². The van der Waals surface area contributed by atoms with Crippen LogP contribution in [0, 0.1) is 11.8 Å². The zero-order valence-electron chi connectivity index (χ0n) is 11.4. The third-order valence-electron chi connectivity index (χ3n) is 2.96. The van der Waals surface area contributed by atoms with Gasteiger partial charge in [0.2, 0.25) is 5.69 Å². The van der Waals surface area contributed by atoms with Gasteiger partial charge in [-0.15, -0.1) is 0 Å². The van der Waals surface area contributed by atoms with Gasteiger partial charge in [0.05, 0.1) is 0 Å². The molecule has 0 aromatic rings. The number of hydrogen-bond donors (Lipinski definition) is 2. The molecule has 0 amide bonds. The van der Waals surface area contributed by atoms with Gasteiger partial charge >= 0.3 is 0 Å². The molecule has 0 spiro atoms. The molecule has 2 N–H and O–H groups in total. The van der Waals surface area contributed by atoms with Crippen molar-refractivity contribution >= 4 is 28.9 Å². The molecular formula is C12H27O2PS2. The average Bonchev–Trinajstić information content (AvgIpc) is 2.15. The van der Waals surface area contributed by atoms with E-state index in [0.717, 1.165) is 12.8 Å². The van der Waals surface area contributed by atoms with Crippen molar-refractivity contribution in [3.63, 3.8) is 0 Å². The second-order valence-corrected chi connectivity index (χ2v) is 11.3. The minimum absolute atomic E-state index is 0.299. The zero-order valence-corrected chi connectivity index (χ0v) is 14.0. The van der Waals surface area contributed by atoms with Gasteiger partial charge in [0, 0.05) is 5.25 Å². The predicted molar refractivity (Wildman–Crippen MR) is 82.9 cm³/mol. The second kappa shape index (κ2) is 8.92. The van der Waals surface area contributed by atoms with Crippen LogP contribution < -0.4 is 0 Å². The Bertz CT molecular complexity index is 241. The summed E-state index contributed by atoms with van der Waals surface area (Å²) in [7, 11) is 0. The van der Waals surface area contributed by atoms with Gasteiger partial charge in [-0.3, -0.25) is 0 Å². The fraction of sp³-hybridized carbons (Fsp3) is 1.00. The van der Waals surface area contributed by atoms with Gasteiger partial charge in [-0.1, -0.05) is 58.3 Å². The Morgan fingerprint density at radius 1 is 1.24 bits per heavy atom. The van der Waals surface area contributed by atoms with Crippen LogP contribution in [0.5, 0.6) is 0 Å². The molecule has 0 bridgehead atoms. The maximum absolute atomic E-state index is 9.52. The highest BCUT2D eigenvalue weighted by Crippen LogP contribution is 2.56. The molecule has 2 nitrogen and oxygen atoms in total. The molecule has 0 aliphatic heterocycles. The lowest BCUT2D eigenvalue weighted by molar-refractivity contribution is 0.393. The topological polar surface area (TPSA) is 40.5 Å². The predicted octanol–water partition coefficient (Wildman–Crippen LogP) is 4.56. The molecule has 5 heteroatoms. The van der Waals surface area contributed by atoms with Crippen LogP contribution in [0.15, 0.2) is 0 Å². The van der Waals surface area contributed by atoms with Gasteiger partial charge in [0.15, 0.2) is 0 Å². The molecule has 0 saturated heterocycles. The van der Waals surface area contributed by atoms with Crippen molar-refractivity contribution in [2.75, 3.05) is 0 Å². The van der Waals surface area contributed by atoms with Crippen molar-refractivity contribution in [1.82, 2.24) is 0 Å². The molecule has 0 aromatic heterocycles. The SMILES string of the molecule is CCCCC(CC)C(CC(C)C)SP(O)(O)=S. The van der Waals surface area contributed by atoms with Crippen LogP contribution in [0.3, 0.4) is 0 Å². The van der Waals surface area contributed by atoms with Gasteiger partial charge in [0.1, 0.15) is 0 Å². The van der Waals surface area contributed by atoms with Crippen molar-refractivity contribution in [1.29, 1.82) is 0 Å². The van der Waals surface area contributed by atoms with Crippen molar-refractivity contribution in [2.45, 2.75) is 65.0 Å². The Kier molecular flexibility index (Phi) is 9.41. The lowest BCUT2D eigenvalue weighted by Gasteiger charge is -2.28. The van der Waals surface area contributed by atoms with Crippen molar-refractivity contribution in [2.24, 2.45) is 11.8 Å². The van der Waals surface area contributed by atoms with Crippen molar-refractivity contribution < 1.29 is 9.79 Å². The third kappa shape index (κ3) is 9.49. The van der Waals surface area contributed by atoms with Crippen molar-refractivity contribution in [3.8, 4) is 0 Å². The lowest BCUT2D eigenvalue weighted by Crippen LogP contribution is -2.19. The Morgan fingerprint density at radius 3 is 2.18 bits per heavy atom. The lowest BCUT2D eigenvalue weighted by atomic mass is 9.91. The molecule has 0 heterocycles. The fourth-order valence-corrected chi connectivity index (χ4v) is 6.23. The Labute approximate surface area is 116 Å². The maximum Gasteiger partial charge on any atom is 0.242 e. The molecule has 0 fully saturated rings. The molecule has 0 aromatic carbocycles. The summed E-state index contributed by atoms with van der Waals surface area (Å²) in [6, 6.07) is 0. The first-order valence-electron chi connectivity index (χ1n) is 6.54. The van der Waals surface area contributed by atoms with E-state index in [1.54, 1.807) is 0 Å². The Balaban J connectivity index is 4.55. The molecule has 0 radical (unpaired) electrons. The molecule has 0 saturated carbocycles. The van der Waals surface area contributed by atoms with Crippen LogP contribution in [0.2, 0.25) is 0 Å². The molecule has 0 aliphatic carbocycles. The van der Waals surface area contributed by atoms with Crippen molar-refractivity contribution in [3.05, 3.63) is 0 Å². The highest BCUT2D eigenvalue weighted by Gasteiger charge is 2.26. The monoisotopic (exact) mass is 298 g/mol. The molecule has 0 rings (SSSR count). The van der Waals surface area contributed by atoms with Crippen LogP contribution in [0.4, 0.5) is 0 Å². The quantitative estimate of drug-likeness (QED) is 0.612. The summed E-state index contributed by atoms with van der Waals surface area (Å²) in [4.78, 5) is 19.0. The molecular weight excluding hydrogens is 271 g/mol. The summed E-state index contributed by atoms with van der Waals surface area (Å²) in [6.07, 6.45) is 5.70. The van der Waals surface area contributed by atoms with E-state index in [1.165, 1.54) is 30.6 Å². The summed E-state index contributed by atoms with van der Waals surface area (Å²) in [5, 5.41) is 0.299. The summed E-state index contributed by atoms with van der Waals surface area (Å²) in [5.74, 6) is 1.13. The first-order chi connectivity index (χ1) is 7.80.